The van der Waals surface area contributed by atoms with E-state index in [0.717, 1.165) is 38.4 Å². The summed E-state index contributed by atoms with van der Waals surface area (Å²) < 4.78 is 0. The van der Waals surface area contributed by atoms with Crippen LogP contribution in [0.3, 0.4) is 0 Å². The Kier molecular flexibility index (Phi) is 3.85. The molecule has 1 saturated carbocycles. The van der Waals surface area contributed by atoms with E-state index < -0.39 is 0 Å². The number of hydrogen-bond donors (Lipinski definition) is 1. The van der Waals surface area contributed by atoms with Crippen LogP contribution in [-0.2, 0) is 4.79 Å². The Morgan fingerprint density at radius 2 is 2.12 bits per heavy atom. The second-order valence-corrected chi connectivity index (χ2v) is 5.43. The highest BCUT2D eigenvalue weighted by Gasteiger charge is 2.34. The second kappa shape index (κ2) is 5.17. The molecule has 1 aliphatic heterocycles. The maximum atomic E-state index is 12.4. The molecule has 16 heavy (non-hydrogen) atoms. The van der Waals surface area contributed by atoms with E-state index in [4.69, 9.17) is 0 Å². The first-order valence-corrected chi connectivity index (χ1v) is 6.74. The lowest BCUT2D eigenvalue weighted by Crippen LogP contribution is -2.47. The van der Waals surface area contributed by atoms with Crippen molar-refractivity contribution in [2.24, 2.45) is 11.8 Å². The quantitative estimate of drug-likeness (QED) is 0.770. The second-order valence-electron chi connectivity index (χ2n) is 5.43. The van der Waals surface area contributed by atoms with Gasteiger partial charge in [0, 0.05) is 13.1 Å². The summed E-state index contributed by atoms with van der Waals surface area (Å²) in [7, 11) is 0. The zero-order valence-corrected chi connectivity index (χ0v) is 10.5. The van der Waals surface area contributed by atoms with Gasteiger partial charge in [0.1, 0.15) is 0 Å². The maximum Gasteiger partial charge on any atom is 0.239 e. The molecule has 2 aliphatic rings. The molecule has 0 aromatic heterocycles. The molecule has 2 fully saturated rings. The first kappa shape index (κ1) is 11.9. The predicted molar refractivity (Wildman–Crippen MR) is 65.2 cm³/mol. The van der Waals surface area contributed by atoms with Gasteiger partial charge in [-0.3, -0.25) is 4.79 Å². The van der Waals surface area contributed by atoms with E-state index in [0.29, 0.717) is 11.8 Å². The Bertz CT molecular complexity index is 250. The Balaban J connectivity index is 1.91. The van der Waals surface area contributed by atoms with Crippen LogP contribution in [0.4, 0.5) is 0 Å². The highest BCUT2D eigenvalue weighted by molar-refractivity contribution is 5.82. The van der Waals surface area contributed by atoms with Crippen LogP contribution in [0, 0.1) is 11.8 Å². The first-order valence-electron chi connectivity index (χ1n) is 6.74. The van der Waals surface area contributed by atoms with Gasteiger partial charge >= 0.3 is 0 Å². The molecule has 3 nitrogen and oxygen atoms in total. The molecule has 92 valence electrons. The summed E-state index contributed by atoms with van der Waals surface area (Å²) in [6.07, 6.45) is 4.85. The van der Waals surface area contributed by atoms with Crippen LogP contribution in [-0.4, -0.2) is 36.5 Å². The molecule has 3 heteroatoms. The maximum absolute atomic E-state index is 12.4. The average molecular weight is 224 g/mol. The van der Waals surface area contributed by atoms with Gasteiger partial charge in [0.25, 0.3) is 0 Å². The summed E-state index contributed by atoms with van der Waals surface area (Å²) in [4.78, 5) is 14.5. The third-order valence-corrected chi connectivity index (χ3v) is 3.78. The number of carbonyl (C=O) groups excluding carboxylic acids is 1. The van der Waals surface area contributed by atoms with Crippen LogP contribution in [0.5, 0.6) is 0 Å². The van der Waals surface area contributed by atoms with Crippen LogP contribution in [0.1, 0.15) is 39.5 Å². The van der Waals surface area contributed by atoms with Gasteiger partial charge in [-0.2, -0.15) is 0 Å². The minimum Gasteiger partial charge on any atom is -0.341 e. The third kappa shape index (κ3) is 2.76. The molecule has 0 aromatic rings. The lowest BCUT2D eigenvalue weighted by Gasteiger charge is -2.27. The molecule has 1 aliphatic carbocycles. The topological polar surface area (TPSA) is 32.3 Å². The van der Waals surface area contributed by atoms with Crippen molar-refractivity contribution < 1.29 is 4.79 Å². The summed E-state index contributed by atoms with van der Waals surface area (Å²) in [5, 5.41) is 3.35. The fraction of sp³-hybridized carbons (Fsp3) is 0.923. The molecular weight excluding hydrogens is 200 g/mol. The van der Waals surface area contributed by atoms with Gasteiger partial charge in [0.2, 0.25) is 5.91 Å². The number of rotatable bonds is 5. The van der Waals surface area contributed by atoms with Crippen LogP contribution < -0.4 is 5.32 Å². The summed E-state index contributed by atoms with van der Waals surface area (Å²) in [6, 6.07) is 0.0882. The van der Waals surface area contributed by atoms with Gasteiger partial charge < -0.3 is 10.2 Å². The number of amides is 1. The standard InChI is InChI=1S/C13H24N2O/c1-3-8-15(9-11-4-5-11)13(16)12-10(2)6-7-14-12/h10-12,14H,3-9H2,1-2H3. The lowest BCUT2D eigenvalue weighted by atomic mass is 10.0. The smallest absolute Gasteiger partial charge is 0.239 e. The van der Waals surface area contributed by atoms with Crippen LogP contribution in [0.15, 0.2) is 0 Å². The average Bonchev–Trinajstić information content (AvgIpc) is 2.98. The fourth-order valence-electron chi connectivity index (χ4n) is 2.54. The van der Waals surface area contributed by atoms with Crippen LogP contribution in [0.2, 0.25) is 0 Å². The van der Waals surface area contributed by atoms with E-state index in [9.17, 15) is 4.79 Å². The number of nitrogens with zero attached hydrogens (tertiary/aromatic N) is 1. The zero-order valence-electron chi connectivity index (χ0n) is 10.5. The molecule has 2 rings (SSSR count). The van der Waals surface area contributed by atoms with Crippen molar-refractivity contribution in [2.75, 3.05) is 19.6 Å². The molecule has 1 saturated heterocycles. The first-order chi connectivity index (χ1) is 7.72. The molecule has 2 atom stereocenters. The number of carbonyl (C=O) groups is 1. The zero-order chi connectivity index (χ0) is 11.5. The molecule has 1 heterocycles. The van der Waals surface area contributed by atoms with Crippen molar-refractivity contribution in [1.29, 1.82) is 0 Å². The Labute approximate surface area is 98.6 Å². The summed E-state index contributed by atoms with van der Waals surface area (Å²) in [5.41, 5.74) is 0. The summed E-state index contributed by atoms with van der Waals surface area (Å²) in [6.45, 7) is 7.27. The van der Waals surface area contributed by atoms with E-state index in [1.54, 1.807) is 0 Å². The molecule has 1 N–H and O–H groups in total. The summed E-state index contributed by atoms with van der Waals surface area (Å²) in [5.74, 6) is 1.65. The third-order valence-electron chi connectivity index (χ3n) is 3.78. The van der Waals surface area contributed by atoms with Crippen molar-refractivity contribution in [3.05, 3.63) is 0 Å². The van der Waals surface area contributed by atoms with Gasteiger partial charge in [0.15, 0.2) is 0 Å². The highest BCUT2D eigenvalue weighted by Crippen LogP contribution is 2.30. The van der Waals surface area contributed by atoms with Crippen molar-refractivity contribution in [3.63, 3.8) is 0 Å². The number of nitrogens with one attached hydrogen (secondary N) is 1. The van der Waals surface area contributed by atoms with Gasteiger partial charge in [-0.1, -0.05) is 13.8 Å². The van der Waals surface area contributed by atoms with Gasteiger partial charge in [-0.15, -0.1) is 0 Å². The van der Waals surface area contributed by atoms with Crippen molar-refractivity contribution in [3.8, 4) is 0 Å². The minimum atomic E-state index is 0.0882. The Morgan fingerprint density at radius 3 is 2.62 bits per heavy atom. The Hall–Kier alpha value is -0.570. The monoisotopic (exact) mass is 224 g/mol. The van der Waals surface area contributed by atoms with Gasteiger partial charge in [-0.05, 0) is 44.1 Å². The van der Waals surface area contributed by atoms with E-state index in [1.807, 2.05) is 0 Å². The molecular formula is C13H24N2O. The molecule has 0 radical (unpaired) electrons. The van der Waals surface area contributed by atoms with Crippen molar-refractivity contribution in [2.45, 2.75) is 45.6 Å². The lowest BCUT2D eigenvalue weighted by molar-refractivity contribution is -0.134. The normalized spacial score (nSPS) is 29.4. The van der Waals surface area contributed by atoms with Crippen LogP contribution >= 0.6 is 0 Å². The van der Waals surface area contributed by atoms with E-state index in [-0.39, 0.29) is 6.04 Å². The highest BCUT2D eigenvalue weighted by atomic mass is 16.2. The van der Waals surface area contributed by atoms with E-state index in [2.05, 4.69) is 24.1 Å². The Morgan fingerprint density at radius 1 is 1.38 bits per heavy atom. The molecule has 2 unspecified atom stereocenters. The van der Waals surface area contributed by atoms with Crippen molar-refractivity contribution in [1.82, 2.24) is 10.2 Å². The van der Waals surface area contributed by atoms with E-state index >= 15 is 0 Å². The van der Waals surface area contributed by atoms with E-state index in [1.165, 1.54) is 12.8 Å². The minimum absolute atomic E-state index is 0.0882. The SMILES string of the molecule is CCCN(CC1CC1)C(=O)C1NCCC1C. The molecule has 0 bridgehead atoms. The molecule has 0 spiro atoms. The number of hydrogen-bond acceptors (Lipinski definition) is 2. The van der Waals surface area contributed by atoms with Gasteiger partial charge in [-0.25, -0.2) is 0 Å². The van der Waals surface area contributed by atoms with Gasteiger partial charge in [0.05, 0.1) is 6.04 Å². The summed E-state index contributed by atoms with van der Waals surface area (Å²) >= 11 is 0. The fourth-order valence-corrected chi connectivity index (χ4v) is 2.54. The van der Waals surface area contributed by atoms with Crippen LogP contribution in [0.25, 0.3) is 0 Å². The van der Waals surface area contributed by atoms with Crippen molar-refractivity contribution >= 4 is 5.91 Å². The molecule has 0 aromatic carbocycles. The predicted octanol–water partition coefficient (Wildman–Crippen LogP) is 1.63. The molecule has 1 amide bonds. The largest absolute Gasteiger partial charge is 0.341 e.